The molecule has 0 aromatic rings. The van der Waals surface area contributed by atoms with E-state index in [0.717, 1.165) is 38.8 Å². The second kappa shape index (κ2) is 5.47. The van der Waals surface area contributed by atoms with Crippen molar-refractivity contribution in [3.63, 3.8) is 0 Å². The highest BCUT2D eigenvalue weighted by molar-refractivity contribution is 5.78. The Bertz CT molecular complexity index is 210. The van der Waals surface area contributed by atoms with Gasteiger partial charge in [-0.25, -0.2) is 4.79 Å². The molecule has 0 saturated carbocycles. The van der Waals surface area contributed by atoms with Crippen molar-refractivity contribution >= 4 is 5.97 Å². The number of hydrogen-bond acceptors (Lipinski definition) is 4. The number of ether oxygens (including phenoxy) is 1. The molecule has 1 saturated heterocycles. The Kier molecular flexibility index (Phi) is 4.54. The van der Waals surface area contributed by atoms with Gasteiger partial charge in [0.1, 0.15) is 0 Å². The fourth-order valence-corrected chi connectivity index (χ4v) is 1.73. The lowest BCUT2D eigenvalue weighted by molar-refractivity contribution is -0.183. The number of hydrogen-bond donors (Lipinski definition) is 1. The number of carbonyl (C=O) groups excluding carboxylic acids is 1. The molecule has 4 nitrogen and oxygen atoms in total. The van der Waals surface area contributed by atoms with Crippen molar-refractivity contribution in [3.8, 4) is 0 Å². The minimum Gasteiger partial charge on any atom is -0.463 e. The lowest BCUT2D eigenvalue weighted by Gasteiger charge is -2.30. The van der Waals surface area contributed by atoms with Gasteiger partial charge in [-0.05, 0) is 26.2 Å². The number of likely N-dealkylation sites (tertiary alicyclic amines) is 1. The summed E-state index contributed by atoms with van der Waals surface area (Å²) in [5, 5.41) is 10.0. The van der Waals surface area contributed by atoms with Crippen LogP contribution in [0.15, 0.2) is 0 Å². The Morgan fingerprint density at radius 3 is 2.60 bits per heavy atom. The molecule has 0 radical (unpaired) electrons. The summed E-state index contributed by atoms with van der Waals surface area (Å²) in [5.41, 5.74) is -1.44. The molecule has 15 heavy (non-hydrogen) atoms. The van der Waals surface area contributed by atoms with Gasteiger partial charge in [-0.3, -0.25) is 4.90 Å². The van der Waals surface area contributed by atoms with Crippen molar-refractivity contribution in [1.29, 1.82) is 0 Å². The van der Waals surface area contributed by atoms with Crippen molar-refractivity contribution in [2.45, 2.75) is 45.3 Å². The largest absolute Gasteiger partial charge is 0.463 e. The van der Waals surface area contributed by atoms with Gasteiger partial charge in [0.25, 0.3) is 0 Å². The van der Waals surface area contributed by atoms with E-state index >= 15 is 0 Å². The van der Waals surface area contributed by atoms with E-state index in [-0.39, 0.29) is 0 Å². The van der Waals surface area contributed by atoms with Crippen LogP contribution in [-0.4, -0.2) is 41.4 Å². The first-order chi connectivity index (χ1) is 7.09. The van der Waals surface area contributed by atoms with Gasteiger partial charge in [0, 0.05) is 13.1 Å². The van der Waals surface area contributed by atoms with Crippen molar-refractivity contribution in [1.82, 2.24) is 4.90 Å². The van der Waals surface area contributed by atoms with Crippen LogP contribution in [0.3, 0.4) is 0 Å². The van der Waals surface area contributed by atoms with Crippen LogP contribution in [0, 0.1) is 0 Å². The molecule has 0 aromatic carbocycles. The second-order valence-electron chi connectivity index (χ2n) is 4.20. The summed E-state index contributed by atoms with van der Waals surface area (Å²) in [7, 11) is 0. The average Bonchev–Trinajstić information content (AvgIpc) is 2.71. The van der Waals surface area contributed by atoms with Crippen molar-refractivity contribution in [2.75, 3.05) is 19.7 Å². The van der Waals surface area contributed by atoms with Crippen molar-refractivity contribution < 1.29 is 14.6 Å². The minimum atomic E-state index is -1.44. The zero-order chi connectivity index (χ0) is 11.3. The number of unbranched alkanes of at least 4 members (excludes halogenated alkanes) is 1. The van der Waals surface area contributed by atoms with Crippen LogP contribution in [0.5, 0.6) is 0 Å². The molecule has 1 rings (SSSR count). The maximum Gasteiger partial charge on any atom is 0.353 e. The smallest absolute Gasteiger partial charge is 0.353 e. The van der Waals surface area contributed by atoms with Gasteiger partial charge in [-0.2, -0.15) is 0 Å². The van der Waals surface area contributed by atoms with E-state index in [1.807, 2.05) is 6.92 Å². The highest BCUT2D eigenvalue weighted by Gasteiger charge is 2.39. The average molecular weight is 215 g/mol. The molecular weight excluding hydrogens is 194 g/mol. The van der Waals surface area contributed by atoms with Gasteiger partial charge in [-0.1, -0.05) is 13.3 Å². The number of rotatable bonds is 5. The normalized spacial score (nSPS) is 21.3. The third kappa shape index (κ3) is 3.18. The van der Waals surface area contributed by atoms with Crippen LogP contribution in [0.4, 0.5) is 0 Å². The van der Waals surface area contributed by atoms with Gasteiger partial charge in [0.05, 0.1) is 6.61 Å². The molecule has 1 fully saturated rings. The first-order valence-corrected chi connectivity index (χ1v) is 5.73. The predicted octanol–water partition coefficient (Wildman–Crippen LogP) is 1.13. The maximum absolute atomic E-state index is 11.6. The Labute approximate surface area is 91.2 Å². The number of aliphatic hydroxyl groups is 1. The monoisotopic (exact) mass is 215 g/mol. The Balaban J connectivity index is 2.41. The standard InChI is InChI=1S/C11H21NO3/c1-3-4-9-15-10(13)11(2,14)12-7-5-6-8-12/h14H,3-9H2,1-2H3. The quantitative estimate of drug-likeness (QED) is 0.552. The van der Waals surface area contributed by atoms with Crippen molar-refractivity contribution in [2.24, 2.45) is 0 Å². The second-order valence-corrected chi connectivity index (χ2v) is 4.20. The van der Waals surface area contributed by atoms with E-state index in [4.69, 9.17) is 4.74 Å². The summed E-state index contributed by atoms with van der Waals surface area (Å²) >= 11 is 0. The van der Waals surface area contributed by atoms with E-state index in [1.54, 1.807) is 4.90 Å². The fraction of sp³-hybridized carbons (Fsp3) is 0.909. The third-order valence-corrected chi connectivity index (χ3v) is 2.84. The molecule has 0 aliphatic carbocycles. The molecular formula is C11H21NO3. The summed E-state index contributed by atoms with van der Waals surface area (Å²) in [4.78, 5) is 13.4. The Morgan fingerprint density at radius 1 is 1.47 bits per heavy atom. The molecule has 0 spiro atoms. The van der Waals surface area contributed by atoms with E-state index in [9.17, 15) is 9.90 Å². The first-order valence-electron chi connectivity index (χ1n) is 5.73. The van der Waals surface area contributed by atoms with Gasteiger partial charge >= 0.3 is 5.97 Å². The predicted molar refractivity (Wildman–Crippen MR) is 57.3 cm³/mol. The first kappa shape index (κ1) is 12.5. The molecule has 88 valence electrons. The van der Waals surface area contributed by atoms with Crippen LogP contribution < -0.4 is 0 Å². The minimum absolute atomic E-state index is 0.402. The van der Waals surface area contributed by atoms with Gasteiger partial charge in [0.15, 0.2) is 0 Å². The Morgan fingerprint density at radius 2 is 2.07 bits per heavy atom. The van der Waals surface area contributed by atoms with Crippen molar-refractivity contribution in [3.05, 3.63) is 0 Å². The molecule has 1 heterocycles. The maximum atomic E-state index is 11.6. The molecule has 0 amide bonds. The number of carbonyl (C=O) groups is 1. The highest BCUT2D eigenvalue weighted by atomic mass is 16.6. The van der Waals surface area contributed by atoms with E-state index in [0.29, 0.717) is 6.61 Å². The van der Waals surface area contributed by atoms with E-state index < -0.39 is 11.7 Å². The molecule has 0 bridgehead atoms. The molecule has 1 N–H and O–H groups in total. The summed E-state index contributed by atoms with van der Waals surface area (Å²) in [6.07, 6.45) is 3.91. The van der Waals surface area contributed by atoms with E-state index in [1.165, 1.54) is 6.92 Å². The zero-order valence-corrected chi connectivity index (χ0v) is 9.66. The SMILES string of the molecule is CCCCOC(=O)C(C)(O)N1CCCC1. The fourth-order valence-electron chi connectivity index (χ4n) is 1.73. The van der Waals surface area contributed by atoms with Crippen LogP contribution in [0.2, 0.25) is 0 Å². The van der Waals surface area contributed by atoms with Crippen LogP contribution >= 0.6 is 0 Å². The molecule has 1 aliphatic heterocycles. The van der Waals surface area contributed by atoms with Crippen LogP contribution in [0.25, 0.3) is 0 Å². The molecule has 1 unspecified atom stereocenters. The zero-order valence-electron chi connectivity index (χ0n) is 9.66. The summed E-state index contributed by atoms with van der Waals surface area (Å²) < 4.78 is 5.03. The summed E-state index contributed by atoms with van der Waals surface area (Å²) in [5.74, 6) is -0.516. The Hall–Kier alpha value is -0.610. The lowest BCUT2D eigenvalue weighted by Crippen LogP contribution is -2.52. The number of esters is 1. The number of nitrogens with zero attached hydrogens (tertiary/aromatic N) is 1. The van der Waals surface area contributed by atoms with Crippen LogP contribution in [-0.2, 0) is 9.53 Å². The molecule has 4 heteroatoms. The topological polar surface area (TPSA) is 49.8 Å². The summed E-state index contributed by atoms with van der Waals surface area (Å²) in [6.45, 7) is 5.50. The molecule has 1 atom stereocenters. The van der Waals surface area contributed by atoms with Gasteiger partial charge in [-0.15, -0.1) is 0 Å². The van der Waals surface area contributed by atoms with Gasteiger partial charge < -0.3 is 9.84 Å². The lowest BCUT2D eigenvalue weighted by atomic mass is 10.2. The summed E-state index contributed by atoms with van der Waals surface area (Å²) in [6, 6.07) is 0. The van der Waals surface area contributed by atoms with E-state index in [2.05, 4.69) is 0 Å². The highest BCUT2D eigenvalue weighted by Crippen LogP contribution is 2.20. The van der Waals surface area contributed by atoms with Gasteiger partial charge in [0.2, 0.25) is 5.72 Å². The van der Waals surface area contributed by atoms with Crippen LogP contribution in [0.1, 0.15) is 39.5 Å². The third-order valence-electron chi connectivity index (χ3n) is 2.84. The molecule has 1 aliphatic rings. The molecule has 0 aromatic heterocycles.